The van der Waals surface area contributed by atoms with Gasteiger partial charge in [-0.2, -0.15) is 0 Å². The maximum atomic E-state index is 13.8. The van der Waals surface area contributed by atoms with Crippen LogP contribution in [0, 0.1) is 10.1 Å². The molecule has 5 aromatic rings. The van der Waals surface area contributed by atoms with Gasteiger partial charge in [0.15, 0.2) is 0 Å². The minimum absolute atomic E-state index is 0.147. The topological polar surface area (TPSA) is 134 Å². The van der Waals surface area contributed by atoms with Crippen LogP contribution < -0.4 is 14.9 Å². The highest BCUT2D eigenvalue weighted by Crippen LogP contribution is 2.30. The van der Waals surface area contributed by atoms with Gasteiger partial charge in [-0.1, -0.05) is 78.3 Å². The van der Waals surface area contributed by atoms with E-state index in [1.807, 2.05) is 78.9 Å². The molecule has 292 valence electrons. The van der Waals surface area contributed by atoms with E-state index in [0.29, 0.717) is 30.0 Å². The van der Waals surface area contributed by atoms with E-state index in [9.17, 15) is 23.3 Å². The molecule has 2 N–H and O–H groups in total. The number of carbonyl (C=O) groups is 1. The standard InChI is InChI=1S/C44H42ClN5O6S/c45-37-14-12-34(13-15-37)40-9-5-4-8-36(40)31-48-22-24-49(25-23-48)38-16-18-41(35(28-38)11-10-32-6-2-1-3-7-32)44(51)47-57(54,55)39-17-19-42(43(29-39)50(52)53)46-30-33-20-26-56-27-21-33/h1-9,12-21,26,28-29,46H,10-11,22-25,27,30-31H2,(H,47,51). The number of nitro benzene ring substituents is 1. The first-order chi connectivity index (χ1) is 27.6. The highest BCUT2D eigenvalue weighted by Gasteiger charge is 2.26. The van der Waals surface area contributed by atoms with Crippen LogP contribution in [0.25, 0.3) is 11.1 Å². The molecule has 13 heteroatoms. The summed E-state index contributed by atoms with van der Waals surface area (Å²) in [6, 6.07) is 35.2. The second-order valence-electron chi connectivity index (χ2n) is 13.9. The average molecular weight is 804 g/mol. The van der Waals surface area contributed by atoms with E-state index in [2.05, 4.69) is 38.0 Å². The molecule has 11 nitrogen and oxygen atoms in total. The van der Waals surface area contributed by atoms with Crippen molar-refractivity contribution in [3.63, 3.8) is 0 Å². The Hall–Kier alpha value is -5.95. The van der Waals surface area contributed by atoms with Crippen LogP contribution in [-0.2, 0) is 34.1 Å². The van der Waals surface area contributed by atoms with Crippen molar-refractivity contribution in [1.82, 2.24) is 9.62 Å². The third-order valence-electron chi connectivity index (χ3n) is 10.2. The fraction of sp³-hybridized carbons (Fsp3) is 0.205. The smallest absolute Gasteiger partial charge is 0.293 e. The SMILES string of the molecule is O=C(NS(=O)(=O)c1ccc(NCC2=CCOC=C2)c([N+](=O)[O-])c1)c1ccc(N2CCN(Cc3ccccc3-c3ccc(Cl)cc3)CC2)cc1CCc1ccccc1. The predicted molar refractivity (Wildman–Crippen MR) is 224 cm³/mol. The number of nitrogens with one attached hydrogen (secondary N) is 2. The molecule has 1 saturated heterocycles. The summed E-state index contributed by atoms with van der Waals surface area (Å²) in [7, 11) is -4.48. The van der Waals surface area contributed by atoms with Gasteiger partial charge in [-0.3, -0.25) is 19.8 Å². The Balaban J connectivity index is 1.06. The van der Waals surface area contributed by atoms with Crippen LogP contribution in [-0.4, -0.2) is 63.5 Å². The number of nitrogens with zero attached hydrogens (tertiary/aromatic N) is 3. The Morgan fingerprint density at radius 2 is 1.60 bits per heavy atom. The third kappa shape index (κ3) is 9.90. The number of hydrogen-bond donors (Lipinski definition) is 2. The molecule has 2 aliphatic heterocycles. The van der Waals surface area contributed by atoms with Crippen molar-refractivity contribution in [1.29, 1.82) is 0 Å². The predicted octanol–water partition coefficient (Wildman–Crippen LogP) is 8.02. The number of nitro groups is 1. The van der Waals surface area contributed by atoms with Crippen LogP contribution in [0.2, 0.25) is 5.02 Å². The molecule has 2 heterocycles. The van der Waals surface area contributed by atoms with Gasteiger partial charge < -0.3 is 15.0 Å². The zero-order chi connectivity index (χ0) is 39.8. The van der Waals surface area contributed by atoms with Gasteiger partial charge in [0.25, 0.3) is 21.6 Å². The van der Waals surface area contributed by atoms with Crippen LogP contribution >= 0.6 is 11.6 Å². The van der Waals surface area contributed by atoms with Crippen molar-refractivity contribution in [3.05, 3.63) is 177 Å². The molecule has 5 aromatic carbocycles. The molecule has 0 spiro atoms. The molecule has 7 rings (SSSR count). The van der Waals surface area contributed by atoms with Gasteiger partial charge in [0, 0.05) is 61.6 Å². The summed E-state index contributed by atoms with van der Waals surface area (Å²) in [5.41, 5.74) is 7.08. The number of amides is 1. The van der Waals surface area contributed by atoms with E-state index in [1.165, 1.54) is 29.5 Å². The van der Waals surface area contributed by atoms with Gasteiger partial charge in [-0.15, -0.1) is 0 Å². The second kappa shape index (κ2) is 17.9. The fourth-order valence-electron chi connectivity index (χ4n) is 7.06. The first-order valence-electron chi connectivity index (χ1n) is 18.7. The number of benzene rings is 5. The highest BCUT2D eigenvalue weighted by molar-refractivity contribution is 7.90. The lowest BCUT2D eigenvalue weighted by Gasteiger charge is -2.36. The zero-order valence-corrected chi connectivity index (χ0v) is 32.7. The number of carbonyl (C=O) groups excluding carboxylic acids is 1. The number of piperazine rings is 1. The van der Waals surface area contributed by atoms with Gasteiger partial charge >= 0.3 is 0 Å². The average Bonchev–Trinajstić information content (AvgIpc) is 3.23. The van der Waals surface area contributed by atoms with Gasteiger partial charge in [0.2, 0.25) is 0 Å². The Morgan fingerprint density at radius 3 is 2.33 bits per heavy atom. The quantitative estimate of drug-likeness (QED) is 0.0846. The van der Waals surface area contributed by atoms with Crippen molar-refractivity contribution in [2.24, 2.45) is 0 Å². The molecular formula is C44H42ClN5O6S. The number of anilines is 2. The van der Waals surface area contributed by atoms with Crippen molar-refractivity contribution in [2.75, 3.05) is 49.5 Å². The van der Waals surface area contributed by atoms with Crippen molar-refractivity contribution in [2.45, 2.75) is 24.3 Å². The highest BCUT2D eigenvalue weighted by atomic mass is 35.5. The van der Waals surface area contributed by atoms with Crippen molar-refractivity contribution < 1.29 is 22.9 Å². The molecular weight excluding hydrogens is 762 g/mol. The molecule has 0 radical (unpaired) electrons. The lowest BCUT2D eigenvalue weighted by atomic mass is 9.98. The summed E-state index contributed by atoms with van der Waals surface area (Å²) in [5.74, 6) is -0.808. The van der Waals surface area contributed by atoms with Crippen LogP contribution in [0.5, 0.6) is 0 Å². The number of rotatable bonds is 14. The Morgan fingerprint density at radius 1 is 0.842 bits per heavy atom. The van der Waals surface area contributed by atoms with Gasteiger partial charge in [-0.05, 0) is 101 Å². The van der Waals surface area contributed by atoms with Crippen LogP contribution in [0.3, 0.4) is 0 Å². The first-order valence-corrected chi connectivity index (χ1v) is 20.5. The molecule has 0 aromatic heterocycles. The monoisotopic (exact) mass is 803 g/mol. The van der Waals surface area contributed by atoms with Gasteiger partial charge in [-0.25, -0.2) is 13.1 Å². The number of hydrogen-bond acceptors (Lipinski definition) is 9. The first kappa shape index (κ1) is 39.3. The van der Waals surface area contributed by atoms with Crippen molar-refractivity contribution in [3.8, 4) is 11.1 Å². The minimum atomic E-state index is -4.48. The Kier molecular flexibility index (Phi) is 12.3. The molecule has 0 unspecified atom stereocenters. The normalized spacial score (nSPS) is 14.4. The maximum absolute atomic E-state index is 13.8. The lowest BCUT2D eigenvalue weighted by molar-refractivity contribution is -0.384. The Bertz CT molecular complexity index is 2410. The van der Waals surface area contributed by atoms with E-state index in [1.54, 1.807) is 12.1 Å². The largest absolute Gasteiger partial charge is 0.497 e. The minimum Gasteiger partial charge on any atom is -0.497 e. The lowest BCUT2D eigenvalue weighted by Crippen LogP contribution is -2.46. The van der Waals surface area contributed by atoms with Crippen LogP contribution in [0.4, 0.5) is 17.1 Å². The summed E-state index contributed by atoms with van der Waals surface area (Å²) >= 11 is 6.15. The number of ether oxygens (including phenoxy) is 1. The molecule has 1 amide bonds. The van der Waals surface area contributed by atoms with Gasteiger partial charge in [0.1, 0.15) is 12.3 Å². The second-order valence-corrected chi connectivity index (χ2v) is 16.0. The summed E-state index contributed by atoms with van der Waals surface area (Å²) in [5, 5.41) is 15.7. The molecule has 0 bridgehead atoms. The molecule has 2 aliphatic rings. The van der Waals surface area contributed by atoms with E-state index >= 15 is 0 Å². The molecule has 57 heavy (non-hydrogen) atoms. The summed E-state index contributed by atoms with van der Waals surface area (Å²) in [4.78, 5) is 29.5. The van der Waals surface area contributed by atoms with E-state index in [-0.39, 0.29) is 17.8 Å². The molecule has 0 aliphatic carbocycles. The number of halogens is 1. The zero-order valence-electron chi connectivity index (χ0n) is 31.1. The Labute approximate surface area is 337 Å². The van der Waals surface area contributed by atoms with Gasteiger partial charge in [0.05, 0.1) is 16.1 Å². The molecule has 1 fully saturated rings. The van der Waals surface area contributed by atoms with E-state index in [4.69, 9.17) is 16.3 Å². The van der Waals surface area contributed by atoms with Crippen LogP contribution in [0.15, 0.2) is 144 Å². The maximum Gasteiger partial charge on any atom is 0.293 e. The van der Waals surface area contributed by atoms with E-state index in [0.717, 1.165) is 61.2 Å². The van der Waals surface area contributed by atoms with E-state index < -0.39 is 31.4 Å². The van der Waals surface area contributed by atoms with Crippen molar-refractivity contribution >= 4 is 44.6 Å². The summed E-state index contributed by atoms with van der Waals surface area (Å²) < 4.78 is 34.4. The molecule has 0 atom stereocenters. The fourth-order valence-corrected chi connectivity index (χ4v) is 8.17. The summed E-state index contributed by atoms with van der Waals surface area (Å²) in [6.07, 6.45) is 6.24. The number of sulfonamides is 1. The van der Waals surface area contributed by atoms with Crippen LogP contribution in [0.1, 0.15) is 27.0 Å². The summed E-state index contributed by atoms with van der Waals surface area (Å²) in [6.45, 7) is 4.68. The third-order valence-corrected chi connectivity index (χ3v) is 11.8. The number of aryl methyl sites for hydroxylation is 2. The molecule has 0 saturated carbocycles.